The molecule has 1 saturated heterocycles. The summed E-state index contributed by atoms with van der Waals surface area (Å²) < 4.78 is 10.1. The molecular formula is C14H17ClN2O4. The first kappa shape index (κ1) is 15.6. The highest BCUT2D eigenvalue weighted by Gasteiger charge is 2.17. The van der Waals surface area contributed by atoms with Crippen LogP contribution in [0.2, 0.25) is 5.02 Å². The number of rotatable bonds is 4. The number of halogens is 1. The minimum Gasteiger partial charge on any atom is -0.452 e. The number of esters is 1. The van der Waals surface area contributed by atoms with Crippen molar-refractivity contribution < 1.29 is 19.1 Å². The van der Waals surface area contributed by atoms with Gasteiger partial charge >= 0.3 is 5.97 Å². The number of nitrogen functional groups attached to an aromatic ring is 1. The molecule has 6 nitrogen and oxygen atoms in total. The molecule has 0 radical (unpaired) electrons. The first-order valence-electron chi connectivity index (χ1n) is 6.65. The number of benzene rings is 1. The summed E-state index contributed by atoms with van der Waals surface area (Å²) in [4.78, 5) is 23.5. The molecule has 1 fully saturated rings. The van der Waals surface area contributed by atoms with Gasteiger partial charge in [0.2, 0.25) is 0 Å². The Kier molecular flexibility index (Phi) is 5.41. The first-order chi connectivity index (χ1) is 10.0. The smallest absolute Gasteiger partial charge is 0.338 e. The fourth-order valence-electron chi connectivity index (χ4n) is 2.06. The maximum atomic E-state index is 11.8. The molecule has 21 heavy (non-hydrogen) atoms. The summed E-state index contributed by atoms with van der Waals surface area (Å²) in [5, 5.41) is 3.14. The molecule has 0 aromatic heterocycles. The lowest BCUT2D eigenvalue weighted by molar-refractivity contribution is -0.125. The molecule has 1 aliphatic heterocycles. The van der Waals surface area contributed by atoms with Crippen LogP contribution in [0.1, 0.15) is 23.2 Å². The highest BCUT2D eigenvalue weighted by atomic mass is 35.5. The van der Waals surface area contributed by atoms with Gasteiger partial charge in [-0.2, -0.15) is 0 Å². The Morgan fingerprint density at radius 1 is 1.33 bits per heavy atom. The van der Waals surface area contributed by atoms with Gasteiger partial charge in [0.05, 0.1) is 5.56 Å². The molecule has 1 heterocycles. The average Bonchev–Trinajstić information content (AvgIpc) is 2.45. The molecular weight excluding hydrogens is 296 g/mol. The zero-order valence-corrected chi connectivity index (χ0v) is 12.2. The zero-order chi connectivity index (χ0) is 15.2. The van der Waals surface area contributed by atoms with Gasteiger partial charge in [-0.25, -0.2) is 4.79 Å². The lowest BCUT2D eigenvalue weighted by Gasteiger charge is -2.22. The van der Waals surface area contributed by atoms with Crippen molar-refractivity contribution in [2.45, 2.75) is 18.9 Å². The van der Waals surface area contributed by atoms with E-state index in [1.54, 1.807) is 0 Å². The highest BCUT2D eigenvalue weighted by molar-refractivity contribution is 6.31. The second-order valence-corrected chi connectivity index (χ2v) is 5.24. The van der Waals surface area contributed by atoms with Crippen molar-refractivity contribution in [2.24, 2.45) is 0 Å². The van der Waals surface area contributed by atoms with Crippen LogP contribution in [-0.4, -0.2) is 37.7 Å². The van der Waals surface area contributed by atoms with Crippen LogP contribution in [0.3, 0.4) is 0 Å². The minimum absolute atomic E-state index is 0.0757. The van der Waals surface area contributed by atoms with Crippen molar-refractivity contribution in [1.29, 1.82) is 0 Å². The summed E-state index contributed by atoms with van der Waals surface area (Å²) in [7, 11) is 0. The molecule has 114 valence electrons. The van der Waals surface area contributed by atoms with Gasteiger partial charge in [0, 0.05) is 30.0 Å². The van der Waals surface area contributed by atoms with Gasteiger partial charge in [-0.05, 0) is 31.0 Å². The van der Waals surface area contributed by atoms with Crippen LogP contribution in [0, 0.1) is 0 Å². The van der Waals surface area contributed by atoms with Gasteiger partial charge in [-0.1, -0.05) is 11.6 Å². The lowest BCUT2D eigenvalue weighted by Crippen LogP contribution is -2.41. The molecule has 3 N–H and O–H groups in total. The molecule has 2 rings (SSSR count). The van der Waals surface area contributed by atoms with Crippen molar-refractivity contribution in [1.82, 2.24) is 5.32 Å². The van der Waals surface area contributed by atoms with Crippen LogP contribution in [-0.2, 0) is 14.3 Å². The molecule has 1 aliphatic rings. The van der Waals surface area contributed by atoms with E-state index in [2.05, 4.69) is 5.32 Å². The topological polar surface area (TPSA) is 90.7 Å². The highest BCUT2D eigenvalue weighted by Crippen LogP contribution is 2.17. The Hall–Kier alpha value is -1.79. The van der Waals surface area contributed by atoms with Crippen molar-refractivity contribution in [3.05, 3.63) is 28.8 Å². The molecule has 0 spiro atoms. The average molecular weight is 313 g/mol. The van der Waals surface area contributed by atoms with Crippen LogP contribution >= 0.6 is 11.6 Å². The maximum Gasteiger partial charge on any atom is 0.338 e. The Morgan fingerprint density at radius 3 is 2.71 bits per heavy atom. The summed E-state index contributed by atoms with van der Waals surface area (Å²) in [6.07, 6.45) is 1.54. The Morgan fingerprint density at radius 2 is 2.05 bits per heavy atom. The molecule has 1 amide bonds. The SMILES string of the molecule is Nc1cc(Cl)cc(C(=O)OCC(=O)NC2CCOCC2)c1. The second-order valence-electron chi connectivity index (χ2n) is 4.80. The summed E-state index contributed by atoms with van der Waals surface area (Å²) in [6, 6.07) is 4.49. The van der Waals surface area contributed by atoms with E-state index in [0.29, 0.717) is 23.9 Å². The molecule has 0 atom stereocenters. The third kappa shape index (κ3) is 4.91. The van der Waals surface area contributed by atoms with Crippen LogP contribution < -0.4 is 11.1 Å². The van der Waals surface area contributed by atoms with Crippen molar-refractivity contribution in [3.63, 3.8) is 0 Å². The molecule has 7 heteroatoms. The summed E-state index contributed by atoms with van der Waals surface area (Å²) in [6.45, 7) is 0.932. The monoisotopic (exact) mass is 312 g/mol. The summed E-state index contributed by atoms with van der Waals surface area (Å²) >= 11 is 5.81. The van der Waals surface area contributed by atoms with E-state index < -0.39 is 5.97 Å². The number of hydrogen-bond acceptors (Lipinski definition) is 5. The number of carbonyl (C=O) groups is 2. The van der Waals surface area contributed by atoms with Gasteiger partial charge in [0.1, 0.15) is 0 Å². The van der Waals surface area contributed by atoms with E-state index in [-0.39, 0.29) is 24.1 Å². The predicted octanol–water partition coefficient (Wildman–Crippen LogP) is 1.37. The fourth-order valence-corrected chi connectivity index (χ4v) is 2.30. The first-order valence-corrected chi connectivity index (χ1v) is 7.02. The molecule has 1 aromatic rings. The molecule has 0 unspecified atom stereocenters. The molecule has 0 saturated carbocycles. The van der Waals surface area contributed by atoms with Gasteiger partial charge in [-0.3, -0.25) is 4.79 Å². The van der Waals surface area contributed by atoms with Crippen LogP contribution in [0.25, 0.3) is 0 Å². The van der Waals surface area contributed by atoms with Crippen LogP contribution in [0.4, 0.5) is 5.69 Å². The summed E-state index contributed by atoms with van der Waals surface area (Å²) in [5.74, 6) is -0.962. The molecule has 0 bridgehead atoms. The minimum atomic E-state index is -0.633. The van der Waals surface area contributed by atoms with Crippen LogP contribution in [0.5, 0.6) is 0 Å². The van der Waals surface area contributed by atoms with E-state index in [4.69, 9.17) is 26.8 Å². The molecule has 1 aromatic carbocycles. The normalized spacial score (nSPS) is 15.5. The maximum absolute atomic E-state index is 11.8. The number of carbonyl (C=O) groups excluding carboxylic acids is 2. The Balaban J connectivity index is 1.81. The number of hydrogen-bond donors (Lipinski definition) is 2. The van der Waals surface area contributed by atoms with E-state index in [1.807, 2.05) is 0 Å². The summed E-state index contributed by atoms with van der Waals surface area (Å²) in [5.41, 5.74) is 6.18. The molecule has 0 aliphatic carbocycles. The fraction of sp³-hybridized carbons (Fsp3) is 0.429. The number of nitrogens with two attached hydrogens (primary N) is 1. The van der Waals surface area contributed by atoms with Gasteiger partial charge in [0.15, 0.2) is 6.61 Å². The predicted molar refractivity (Wildman–Crippen MR) is 78.1 cm³/mol. The van der Waals surface area contributed by atoms with E-state index in [9.17, 15) is 9.59 Å². The number of nitrogens with one attached hydrogen (secondary N) is 1. The number of ether oxygens (including phenoxy) is 2. The third-order valence-corrected chi connectivity index (χ3v) is 3.29. The Bertz CT molecular complexity index is 509. The van der Waals surface area contributed by atoms with Gasteiger partial charge < -0.3 is 20.5 Å². The van der Waals surface area contributed by atoms with Gasteiger partial charge in [-0.15, -0.1) is 0 Å². The zero-order valence-electron chi connectivity index (χ0n) is 11.4. The van der Waals surface area contributed by atoms with E-state index in [0.717, 1.165) is 12.8 Å². The Labute approximate surface area is 127 Å². The largest absolute Gasteiger partial charge is 0.452 e. The lowest BCUT2D eigenvalue weighted by atomic mass is 10.1. The number of anilines is 1. The number of amides is 1. The van der Waals surface area contributed by atoms with Crippen molar-refractivity contribution >= 4 is 29.2 Å². The van der Waals surface area contributed by atoms with Crippen molar-refractivity contribution in [3.8, 4) is 0 Å². The van der Waals surface area contributed by atoms with E-state index >= 15 is 0 Å². The van der Waals surface area contributed by atoms with Crippen LogP contribution in [0.15, 0.2) is 18.2 Å². The second kappa shape index (κ2) is 7.28. The third-order valence-electron chi connectivity index (χ3n) is 3.08. The quantitative estimate of drug-likeness (QED) is 0.647. The van der Waals surface area contributed by atoms with E-state index in [1.165, 1.54) is 18.2 Å². The van der Waals surface area contributed by atoms with Crippen molar-refractivity contribution in [2.75, 3.05) is 25.6 Å². The van der Waals surface area contributed by atoms with Gasteiger partial charge in [0.25, 0.3) is 5.91 Å². The standard InChI is InChI=1S/C14H17ClN2O4/c15-10-5-9(6-11(16)7-10)14(19)21-8-13(18)17-12-1-3-20-4-2-12/h5-7,12H,1-4,8,16H2,(H,17,18).